The van der Waals surface area contributed by atoms with Crippen molar-refractivity contribution in [3.8, 4) is 0 Å². The van der Waals surface area contributed by atoms with Crippen molar-refractivity contribution >= 4 is 28.3 Å². The Hall–Kier alpha value is -1.56. The van der Waals surface area contributed by atoms with Gasteiger partial charge in [-0.15, -0.1) is 11.3 Å². The largest absolute Gasteiger partial charge is 0.478 e. The summed E-state index contributed by atoms with van der Waals surface area (Å²) in [5.41, 5.74) is 0.121. The molecular formula is C8H10N2O3S. The molecule has 5 nitrogen and oxygen atoms in total. The van der Waals surface area contributed by atoms with Gasteiger partial charge < -0.3 is 10.4 Å². The number of amides is 2. The molecule has 0 radical (unpaired) electrons. The Labute approximate surface area is 84.7 Å². The van der Waals surface area contributed by atoms with Crippen molar-refractivity contribution in [1.82, 2.24) is 5.32 Å². The topological polar surface area (TPSA) is 78.4 Å². The van der Waals surface area contributed by atoms with Gasteiger partial charge in [-0.25, -0.2) is 9.59 Å². The molecule has 0 aliphatic carbocycles. The summed E-state index contributed by atoms with van der Waals surface area (Å²) in [6.45, 7) is 1.78. The minimum atomic E-state index is -1.04. The fraction of sp³-hybridized carbons (Fsp3) is 0.250. The lowest BCUT2D eigenvalue weighted by Crippen LogP contribution is -2.24. The molecule has 0 atom stereocenters. The molecule has 0 fully saturated rings. The summed E-state index contributed by atoms with van der Waals surface area (Å²) in [5.74, 6) is -1.04. The zero-order valence-electron chi connectivity index (χ0n) is 7.75. The molecule has 0 saturated heterocycles. The predicted molar refractivity (Wildman–Crippen MR) is 54.1 cm³/mol. The molecule has 76 valence electrons. The number of thiophene rings is 1. The average molecular weight is 214 g/mol. The average Bonchev–Trinajstić information content (AvgIpc) is 2.46. The molecule has 1 heterocycles. The summed E-state index contributed by atoms with van der Waals surface area (Å²) in [4.78, 5) is 22.5. The Morgan fingerprint density at radius 2 is 2.14 bits per heavy atom. The Bertz CT molecular complexity index is 373. The van der Waals surface area contributed by atoms with E-state index in [9.17, 15) is 9.59 Å². The number of hydrogen-bond acceptors (Lipinski definition) is 3. The second kappa shape index (κ2) is 4.10. The number of carboxylic acid groups (broad SMARTS) is 1. The number of rotatable bonds is 2. The van der Waals surface area contributed by atoms with E-state index in [0.29, 0.717) is 5.00 Å². The SMILES string of the molecule is CNC(=O)Nc1sc(C)cc1C(=O)O. The molecule has 0 aliphatic rings. The van der Waals surface area contributed by atoms with Crippen molar-refractivity contribution in [2.24, 2.45) is 0 Å². The highest BCUT2D eigenvalue weighted by Crippen LogP contribution is 2.27. The van der Waals surface area contributed by atoms with E-state index in [1.165, 1.54) is 24.5 Å². The van der Waals surface area contributed by atoms with E-state index in [2.05, 4.69) is 10.6 Å². The quantitative estimate of drug-likeness (QED) is 0.698. The van der Waals surface area contributed by atoms with Gasteiger partial charge in [0.25, 0.3) is 0 Å². The minimum Gasteiger partial charge on any atom is -0.478 e. The number of aromatic carboxylic acids is 1. The molecule has 1 aromatic rings. The van der Waals surface area contributed by atoms with Crippen molar-refractivity contribution in [1.29, 1.82) is 0 Å². The molecule has 0 saturated carbocycles. The lowest BCUT2D eigenvalue weighted by molar-refractivity contribution is 0.0698. The van der Waals surface area contributed by atoms with Crippen LogP contribution in [-0.4, -0.2) is 24.2 Å². The van der Waals surface area contributed by atoms with Crippen LogP contribution in [0.3, 0.4) is 0 Å². The summed E-state index contributed by atoms with van der Waals surface area (Å²) in [6, 6.07) is 1.10. The first-order valence-electron chi connectivity index (χ1n) is 3.87. The van der Waals surface area contributed by atoms with Gasteiger partial charge in [0.05, 0.1) is 5.56 Å². The summed E-state index contributed by atoms with van der Waals surface area (Å²) in [6.07, 6.45) is 0. The molecule has 0 spiro atoms. The number of urea groups is 1. The van der Waals surface area contributed by atoms with Gasteiger partial charge in [-0.1, -0.05) is 0 Å². The zero-order chi connectivity index (χ0) is 10.7. The third-order valence-electron chi connectivity index (χ3n) is 1.54. The van der Waals surface area contributed by atoms with Crippen LogP contribution in [0.25, 0.3) is 0 Å². The van der Waals surface area contributed by atoms with Crippen LogP contribution in [0, 0.1) is 6.92 Å². The van der Waals surface area contributed by atoms with E-state index >= 15 is 0 Å². The first-order valence-corrected chi connectivity index (χ1v) is 4.68. The monoisotopic (exact) mass is 214 g/mol. The van der Waals surface area contributed by atoms with Gasteiger partial charge in [0.1, 0.15) is 5.00 Å². The van der Waals surface area contributed by atoms with E-state index in [1.54, 1.807) is 6.92 Å². The highest BCUT2D eigenvalue weighted by molar-refractivity contribution is 7.16. The predicted octanol–water partition coefficient (Wildman–Crippen LogP) is 1.51. The van der Waals surface area contributed by atoms with E-state index in [0.717, 1.165) is 4.88 Å². The lowest BCUT2D eigenvalue weighted by atomic mass is 10.3. The molecular weight excluding hydrogens is 204 g/mol. The van der Waals surface area contributed by atoms with Crippen molar-refractivity contribution in [2.75, 3.05) is 12.4 Å². The summed E-state index contributed by atoms with van der Waals surface area (Å²) in [7, 11) is 1.47. The highest BCUT2D eigenvalue weighted by atomic mass is 32.1. The zero-order valence-corrected chi connectivity index (χ0v) is 8.57. The maximum Gasteiger partial charge on any atom is 0.338 e. The third-order valence-corrected chi connectivity index (χ3v) is 2.51. The Balaban J connectivity index is 2.95. The van der Waals surface area contributed by atoms with Gasteiger partial charge in [0, 0.05) is 11.9 Å². The van der Waals surface area contributed by atoms with Crippen LogP contribution in [0.2, 0.25) is 0 Å². The molecule has 14 heavy (non-hydrogen) atoms. The number of aryl methyl sites for hydroxylation is 1. The second-order valence-corrected chi connectivity index (χ2v) is 3.87. The molecule has 1 aromatic heterocycles. The lowest BCUT2D eigenvalue weighted by Gasteiger charge is -2.01. The van der Waals surface area contributed by atoms with Crippen LogP contribution in [0.4, 0.5) is 9.80 Å². The van der Waals surface area contributed by atoms with Crippen LogP contribution in [0.15, 0.2) is 6.07 Å². The van der Waals surface area contributed by atoms with Crippen LogP contribution >= 0.6 is 11.3 Å². The Morgan fingerprint density at radius 3 is 2.64 bits per heavy atom. The van der Waals surface area contributed by atoms with Crippen molar-refractivity contribution in [3.63, 3.8) is 0 Å². The van der Waals surface area contributed by atoms with E-state index in [-0.39, 0.29) is 5.56 Å². The van der Waals surface area contributed by atoms with Gasteiger partial charge >= 0.3 is 12.0 Å². The molecule has 3 N–H and O–H groups in total. The van der Waals surface area contributed by atoms with Crippen molar-refractivity contribution in [2.45, 2.75) is 6.92 Å². The summed E-state index contributed by atoms with van der Waals surface area (Å²) >= 11 is 1.23. The summed E-state index contributed by atoms with van der Waals surface area (Å²) < 4.78 is 0. The van der Waals surface area contributed by atoms with E-state index in [1.807, 2.05) is 0 Å². The van der Waals surface area contributed by atoms with Crippen LogP contribution in [0.5, 0.6) is 0 Å². The molecule has 0 aliphatic heterocycles. The standard InChI is InChI=1S/C8H10N2O3S/c1-4-3-5(7(11)12)6(14-4)10-8(13)9-2/h3H,1-2H3,(H,11,12)(H2,9,10,13). The summed E-state index contributed by atoms with van der Waals surface area (Å²) in [5, 5.41) is 14.0. The smallest absolute Gasteiger partial charge is 0.338 e. The molecule has 0 aromatic carbocycles. The van der Waals surface area contributed by atoms with Gasteiger partial charge in [-0.2, -0.15) is 0 Å². The number of carboxylic acids is 1. The fourth-order valence-electron chi connectivity index (χ4n) is 0.932. The first kappa shape index (κ1) is 10.5. The molecule has 1 rings (SSSR count). The highest BCUT2D eigenvalue weighted by Gasteiger charge is 2.14. The van der Waals surface area contributed by atoms with Gasteiger partial charge in [-0.3, -0.25) is 5.32 Å². The number of carbonyl (C=O) groups excluding carboxylic acids is 1. The Morgan fingerprint density at radius 1 is 1.50 bits per heavy atom. The first-order chi connectivity index (χ1) is 6.54. The third kappa shape index (κ3) is 2.23. The van der Waals surface area contributed by atoms with Crippen LogP contribution in [0.1, 0.15) is 15.2 Å². The van der Waals surface area contributed by atoms with E-state index < -0.39 is 12.0 Å². The molecule has 0 unspecified atom stereocenters. The van der Waals surface area contributed by atoms with Crippen molar-refractivity contribution in [3.05, 3.63) is 16.5 Å². The number of hydrogen-bond donors (Lipinski definition) is 3. The van der Waals surface area contributed by atoms with Crippen LogP contribution in [-0.2, 0) is 0 Å². The Kier molecular flexibility index (Phi) is 3.08. The van der Waals surface area contributed by atoms with Gasteiger partial charge in [-0.05, 0) is 13.0 Å². The molecule has 6 heteroatoms. The maximum absolute atomic E-state index is 11.0. The molecule has 0 bridgehead atoms. The maximum atomic E-state index is 11.0. The van der Waals surface area contributed by atoms with E-state index in [4.69, 9.17) is 5.11 Å². The number of nitrogens with one attached hydrogen (secondary N) is 2. The van der Waals surface area contributed by atoms with Gasteiger partial charge in [0.2, 0.25) is 0 Å². The molecule has 2 amide bonds. The van der Waals surface area contributed by atoms with Crippen LogP contribution < -0.4 is 10.6 Å². The number of carbonyl (C=O) groups is 2. The van der Waals surface area contributed by atoms with Crippen molar-refractivity contribution < 1.29 is 14.7 Å². The number of anilines is 1. The second-order valence-electron chi connectivity index (χ2n) is 2.61. The van der Waals surface area contributed by atoms with Gasteiger partial charge in [0.15, 0.2) is 0 Å². The minimum absolute atomic E-state index is 0.121. The fourth-order valence-corrected chi connectivity index (χ4v) is 1.83. The normalized spacial score (nSPS) is 9.57.